The van der Waals surface area contributed by atoms with E-state index >= 15 is 0 Å². The van der Waals surface area contributed by atoms with Gasteiger partial charge in [-0.2, -0.15) is 5.10 Å². The maximum Gasteiger partial charge on any atom is 0.191 e. The quantitative estimate of drug-likeness (QED) is 0.305. The maximum absolute atomic E-state index is 6.02. The first kappa shape index (κ1) is 25.2. The minimum atomic E-state index is 0. The molecule has 1 fully saturated rings. The highest BCUT2D eigenvalue weighted by atomic mass is 127. The Morgan fingerprint density at radius 1 is 1.32 bits per heavy atom. The lowest BCUT2D eigenvalue weighted by molar-refractivity contribution is 0.0169. The molecule has 1 aliphatic carbocycles. The van der Waals surface area contributed by atoms with Crippen LogP contribution in [0.4, 0.5) is 0 Å². The van der Waals surface area contributed by atoms with E-state index in [-0.39, 0.29) is 30.0 Å². The summed E-state index contributed by atoms with van der Waals surface area (Å²) in [4.78, 5) is 4.39. The lowest BCUT2D eigenvalue weighted by Gasteiger charge is -2.24. The van der Waals surface area contributed by atoms with Crippen LogP contribution < -0.4 is 10.6 Å². The first-order valence-electron chi connectivity index (χ1n) is 10.5. The van der Waals surface area contributed by atoms with Gasteiger partial charge in [-0.1, -0.05) is 12.8 Å². The number of aryl methyl sites for hydroxylation is 2. The van der Waals surface area contributed by atoms with Crippen molar-refractivity contribution in [3.63, 3.8) is 0 Å². The van der Waals surface area contributed by atoms with Crippen molar-refractivity contribution in [3.8, 4) is 0 Å². The molecule has 0 spiro atoms. The number of nitrogens with zero attached hydrogens (tertiary/aromatic N) is 3. The number of rotatable bonds is 9. The molecule has 1 aromatic heterocycles. The lowest BCUT2D eigenvalue weighted by atomic mass is 9.98. The first-order chi connectivity index (χ1) is 13.0. The molecule has 0 aliphatic heterocycles. The molecule has 162 valence electrons. The van der Waals surface area contributed by atoms with Crippen LogP contribution in [-0.2, 0) is 18.2 Å². The van der Waals surface area contributed by atoms with Gasteiger partial charge in [-0.05, 0) is 64.9 Å². The molecule has 2 atom stereocenters. The zero-order valence-corrected chi connectivity index (χ0v) is 20.9. The predicted molar refractivity (Wildman–Crippen MR) is 128 cm³/mol. The van der Waals surface area contributed by atoms with Crippen molar-refractivity contribution in [1.82, 2.24) is 20.4 Å². The molecule has 1 aliphatic rings. The molecule has 7 heteroatoms. The summed E-state index contributed by atoms with van der Waals surface area (Å²) in [5, 5.41) is 11.5. The molecule has 28 heavy (non-hydrogen) atoms. The van der Waals surface area contributed by atoms with E-state index in [4.69, 9.17) is 4.74 Å². The summed E-state index contributed by atoms with van der Waals surface area (Å²) in [5.41, 5.74) is 3.67. The van der Waals surface area contributed by atoms with Gasteiger partial charge in [0.05, 0.1) is 11.8 Å². The van der Waals surface area contributed by atoms with Crippen LogP contribution >= 0.6 is 24.0 Å². The minimum absolute atomic E-state index is 0. The highest BCUT2D eigenvalue weighted by molar-refractivity contribution is 14.0. The van der Waals surface area contributed by atoms with Gasteiger partial charge in [-0.15, -0.1) is 24.0 Å². The van der Waals surface area contributed by atoms with Gasteiger partial charge >= 0.3 is 0 Å². The zero-order valence-electron chi connectivity index (χ0n) is 18.5. The van der Waals surface area contributed by atoms with Crippen LogP contribution in [0.5, 0.6) is 0 Å². The predicted octanol–water partition coefficient (Wildman–Crippen LogP) is 3.74. The lowest BCUT2D eigenvalue weighted by Crippen LogP contribution is -2.44. The second kappa shape index (κ2) is 12.7. The average Bonchev–Trinajstić information content (AvgIpc) is 3.25. The molecular weight excluding hydrogens is 465 g/mol. The number of aromatic nitrogens is 2. The SMILES string of the molecule is CCOC(CCNC(=NC)NC(C)Cc1c(C)nn(C)c1C)C1CCCC1.I. The summed E-state index contributed by atoms with van der Waals surface area (Å²) in [6.07, 6.45) is 7.70. The van der Waals surface area contributed by atoms with Gasteiger partial charge in [0.15, 0.2) is 5.96 Å². The van der Waals surface area contributed by atoms with E-state index < -0.39 is 0 Å². The van der Waals surface area contributed by atoms with Crippen LogP contribution in [0.25, 0.3) is 0 Å². The van der Waals surface area contributed by atoms with Crippen LogP contribution in [0.2, 0.25) is 0 Å². The minimum Gasteiger partial charge on any atom is -0.378 e. The third-order valence-electron chi connectivity index (χ3n) is 5.80. The van der Waals surface area contributed by atoms with Crippen LogP contribution in [0.1, 0.15) is 62.9 Å². The summed E-state index contributed by atoms with van der Waals surface area (Å²) in [7, 11) is 3.84. The normalized spacial score (nSPS) is 17.3. The topological polar surface area (TPSA) is 63.5 Å². The molecule has 2 unspecified atom stereocenters. The Kier molecular flexibility index (Phi) is 11.4. The highest BCUT2D eigenvalue weighted by Crippen LogP contribution is 2.30. The summed E-state index contributed by atoms with van der Waals surface area (Å²) >= 11 is 0. The van der Waals surface area contributed by atoms with E-state index in [0.717, 1.165) is 43.6 Å². The molecule has 0 saturated heterocycles. The molecule has 0 radical (unpaired) electrons. The Balaban J connectivity index is 0.00000392. The fourth-order valence-electron chi connectivity index (χ4n) is 4.23. The number of hydrogen-bond acceptors (Lipinski definition) is 3. The van der Waals surface area contributed by atoms with Crippen molar-refractivity contribution in [1.29, 1.82) is 0 Å². The molecule has 1 saturated carbocycles. The molecule has 0 amide bonds. The van der Waals surface area contributed by atoms with Crippen molar-refractivity contribution in [3.05, 3.63) is 17.0 Å². The van der Waals surface area contributed by atoms with E-state index in [0.29, 0.717) is 6.10 Å². The number of halogens is 1. The van der Waals surface area contributed by atoms with Gasteiger partial charge in [0.25, 0.3) is 0 Å². The molecule has 1 aromatic rings. The summed E-state index contributed by atoms with van der Waals surface area (Å²) in [6, 6.07) is 0.287. The monoisotopic (exact) mass is 505 g/mol. The van der Waals surface area contributed by atoms with Crippen LogP contribution in [0, 0.1) is 19.8 Å². The van der Waals surface area contributed by atoms with Crippen molar-refractivity contribution >= 4 is 29.9 Å². The highest BCUT2D eigenvalue weighted by Gasteiger charge is 2.25. The Hall–Kier alpha value is -0.830. The average molecular weight is 505 g/mol. The van der Waals surface area contributed by atoms with E-state index in [2.05, 4.69) is 48.4 Å². The smallest absolute Gasteiger partial charge is 0.191 e. The number of aliphatic imine (C=N–C) groups is 1. The van der Waals surface area contributed by atoms with Crippen molar-refractivity contribution in [2.45, 2.75) is 78.4 Å². The van der Waals surface area contributed by atoms with Crippen molar-refractivity contribution in [2.75, 3.05) is 20.2 Å². The second-order valence-electron chi connectivity index (χ2n) is 7.85. The van der Waals surface area contributed by atoms with E-state index in [9.17, 15) is 0 Å². The fraction of sp³-hybridized carbons (Fsp3) is 0.810. The van der Waals surface area contributed by atoms with Gasteiger partial charge in [0, 0.05) is 39.0 Å². The number of guanidine groups is 1. The van der Waals surface area contributed by atoms with Crippen molar-refractivity contribution < 1.29 is 4.74 Å². The Morgan fingerprint density at radius 2 is 2.00 bits per heavy atom. The van der Waals surface area contributed by atoms with Crippen molar-refractivity contribution in [2.24, 2.45) is 18.0 Å². The molecule has 2 N–H and O–H groups in total. The van der Waals surface area contributed by atoms with E-state index in [1.165, 1.54) is 36.9 Å². The number of hydrogen-bond donors (Lipinski definition) is 2. The molecule has 0 bridgehead atoms. The standard InChI is InChI=1S/C21H39N5O.HI/c1-7-27-20(18-10-8-9-11-18)12-13-23-21(22-5)24-15(2)14-19-16(3)25-26(6)17(19)4;/h15,18,20H,7-14H2,1-6H3,(H2,22,23,24);1H. The summed E-state index contributed by atoms with van der Waals surface area (Å²) in [6.45, 7) is 10.2. The maximum atomic E-state index is 6.02. The molecule has 1 heterocycles. The molecular formula is C21H40IN5O. The Morgan fingerprint density at radius 3 is 2.54 bits per heavy atom. The Labute approximate surface area is 188 Å². The molecule has 2 rings (SSSR count). The zero-order chi connectivity index (χ0) is 19.8. The first-order valence-corrected chi connectivity index (χ1v) is 10.5. The van der Waals surface area contributed by atoms with E-state index in [1.807, 2.05) is 18.8 Å². The van der Waals surface area contributed by atoms with Crippen LogP contribution in [0.15, 0.2) is 4.99 Å². The Bertz CT molecular complexity index is 610. The summed E-state index contributed by atoms with van der Waals surface area (Å²) in [5.74, 6) is 1.60. The molecule has 0 aromatic carbocycles. The fourth-order valence-corrected chi connectivity index (χ4v) is 4.23. The van der Waals surface area contributed by atoms with Gasteiger partial charge in [0.2, 0.25) is 0 Å². The van der Waals surface area contributed by atoms with Gasteiger partial charge in [0.1, 0.15) is 0 Å². The van der Waals surface area contributed by atoms with Gasteiger partial charge < -0.3 is 15.4 Å². The largest absolute Gasteiger partial charge is 0.378 e. The summed E-state index contributed by atoms with van der Waals surface area (Å²) < 4.78 is 7.98. The second-order valence-corrected chi connectivity index (χ2v) is 7.85. The molecule has 6 nitrogen and oxygen atoms in total. The van der Waals surface area contributed by atoms with Gasteiger partial charge in [-0.3, -0.25) is 9.67 Å². The van der Waals surface area contributed by atoms with Crippen LogP contribution in [-0.4, -0.2) is 48.1 Å². The van der Waals surface area contributed by atoms with Gasteiger partial charge in [-0.25, -0.2) is 0 Å². The number of ether oxygens (including phenoxy) is 1. The van der Waals surface area contributed by atoms with E-state index in [1.54, 1.807) is 0 Å². The van der Waals surface area contributed by atoms with Crippen LogP contribution in [0.3, 0.4) is 0 Å². The third kappa shape index (κ3) is 7.21. The third-order valence-corrected chi connectivity index (χ3v) is 5.80. The number of nitrogens with one attached hydrogen (secondary N) is 2.